The Morgan fingerprint density at radius 2 is 0.949 bits per heavy atom. The molecular weight excluding hydrogens is 472 g/mol. The second-order valence-electron chi connectivity index (χ2n) is 9.40. The van der Waals surface area contributed by atoms with E-state index in [9.17, 15) is 1.37 Å². The lowest BCUT2D eigenvalue weighted by molar-refractivity contribution is 0.669. The van der Waals surface area contributed by atoms with Crippen LogP contribution in [0.2, 0.25) is 0 Å². The van der Waals surface area contributed by atoms with E-state index in [1.807, 2.05) is 84.9 Å². The topological polar surface area (TPSA) is 13.1 Å². The summed E-state index contributed by atoms with van der Waals surface area (Å²) in [6.45, 7) is 0. The van der Waals surface area contributed by atoms with E-state index < -0.39 is 42.3 Å². The average molecular weight is 506 g/mol. The molecule has 8 aromatic rings. The van der Waals surface area contributed by atoms with Crippen LogP contribution in [0.15, 0.2) is 150 Å². The lowest BCUT2D eigenvalue weighted by Gasteiger charge is -2.18. The lowest BCUT2D eigenvalue weighted by atomic mass is 9.85. The molecule has 39 heavy (non-hydrogen) atoms. The molecule has 7 aromatic carbocycles. The molecule has 8 rings (SSSR count). The van der Waals surface area contributed by atoms with Gasteiger partial charge < -0.3 is 4.42 Å². The predicted octanol–water partition coefficient (Wildman–Crippen LogP) is 10.9. The number of rotatable bonds is 3. The molecule has 0 radical (unpaired) electrons. The van der Waals surface area contributed by atoms with Gasteiger partial charge in [-0.1, -0.05) is 121 Å². The predicted molar refractivity (Wildman–Crippen MR) is 165 cm³/mol. The summed E-state index contributed by atoms with van der Waals surface area (Å²) in [5.74, 6) is 0. The highest BCUT2D eigenvalue weighted by Crippen LogP contribution is 2.45. The SMILES string of the molecule is [2H]c1c([2H])c([2H])c(-c2c([2H])c([2H])c([2H])c(-c3c4ccccc4c(-c4ccc5c(c4)oc4ccccc45)c4ccccc34)c2[2H])c([2H])c1[2H]. The molecule has 0 unspecified atom stereocenters. The first-order chi connectivity index (χ1) is 23.1. The highest BCUT2D eigenvalue weighted by molar-refractivity contribution is 6.22. The van der Waals surface area contributed by atoms with Gasteiger partial charge in [0, 0.05) is 10.8 Å². The molecule has 0 amide bonds. The standard InChI is InChI=1S/C38H24O/c1-2-11-25(12-3-1)26-13-10-14-27(23-26)37-31-16-4-6-18-33(31)38(34-19-7-5-17-32(34)37)28-21-22-30-29-15-8-9-20-35(29)39-36(30)24-28/h1-24H/i1D,2D,3D,10D,11D,12D,13D,14D,23D. The number of hydrogen-bond acceptors (Lipinski definition) is 1. The van der Waals surface area contributed by atoms with Crippen LogP contribution in [0, 0.1) is 0 Å². The second-order valence-corrected chi connectivity index (χ2v) is 9.40. The molecule has 1 nitrogen and oxygen atoms in total. The van der Waals surface area contributed by atoms with Gasteiger partial charge >= 0.3 is 0 Å². The quantitative estimate of drug-likeness (QED) is 0.218. The molecule has 0 saturated carbocycles. The number of benzene rings is 7. The first-order valence-electron chi connectivity index (χ1n) is 17.1. The van der Waals surface area contributed by atoms with E-state index in [0.717, 1.165) is 43.8 Å². The van der Waals surface area contributed by atoms with E-state index in [0.29, 0.717) is 16.3 Å². The molecule has 0 aliphatic carbocycles. The summed E-state index contributed by atoms with van der Waals surface area (Å²) >= 11 is 0. The van der Waals surface area contributed by atoms with Crippen LogP contribution < -0.4 is 0 Å². The Bertz CT molecular complexity index is 2590. The third-order valence-corrected chi connectivity index (χ3v) is 7.22. The van der Waals surface area contributed by atoms with Crippen LogP contribution in [-0.4, -0.2) is 0 Å². The van der Waals surface area contributed by atoms with Gasteiger partial charge in [-0.15, -0.1) is 0 Å². The summed E-state index contributed by atoms with van der Waals surface area (Å²) in [4.78, 5) is 0. The van der Waals surface area contributed by atoms with Crippen molar-refractivity contribution in [3.8, 4) is 33.4 Å². The average Bonchev–Trinajstić information content (AvgIpc) is 3.48. The third-order valence-electron chi connectivity index (χ3n) is 7.22. The molecule has 0 N–H and O–H groups in total. The van der Waals surface area contributed by atoms with Crippen LogP contribution in [0.4, 0.5) is 0 Å². The zero-order valence-corrected chi connectivity index (χ0v) is 20.6. The number of hydrogen-bond donors (Lipinski definition) is 0. The Kier molecular flexibility index (Phi) is 3.29. The Labute approximate surface area is 239 Å². The molecule has 1 aromatic heterocycles. The Balaban J connectivity index is 1.49. The fraction of sp³-hybridized carbons (Fsp3) is 0. The van der Waals surface area contributed by atoms with Crippen molar-refractivity contribution in [1.82, 2.24) is 0 Å². The van der Waals surface area contributed by atoms with Crippen LogP contribution in [0.5, 0.6) is 0 Å². The van der Waals surface area contributed by atoms with Crippen molar-refractivity contribution in [2.24, 2.45) is 0 Å². The summed E-state index contributed by atoms with van der Waals surface area (Å²) < 4.78 is 84.0. The Hall–Kier alpha value is -5.14. The first kappa shape index (κ1) is 14.7. The van der Waals surface area contributed by atoms with Crippen molar-refractivity contribution < 1.29 is 16.8 Å². The van der Waals surface area contributed by atoms with Crippen molar-refractivity contribution >= 4 is 43.5 Å². The minimum absolute atomic E-state index is 0.0458. The molecule has 1 heteroatoms. The number of fused-ring (bicyclic) bond motifs is 5. The van der Waals surface area contributed by atoms with Crippen LogP contribution >= 0.6 is 0 Å². The van der Waals surface area contributed by atoms with Crippen molar-refractivity contribution in [2.75, 3.05) is 0 Å². The maximum Gasteiger partial charge on any atom is 0.136 e. The molecule has 0 bridgehead atoms. The van der Waals surface area contributed by atoms with Gasteiger partial charge in [0.05, 0.1) is 12.3 Å². The summed E-state index contributed by atoms with van der Waals surface area (Å²) in [6.07, 6.45) is 0. The Morgan fingerprint density at radius 3 is 1.64 bits per heavy atom. The van der Waals surface area contributed by atoms with Crippen LogP contribution in [0.25, 0.3) is 76.9 Å². The van der Waals surface area contributed by atoms with E-state index in [1.54, 1.807) is 0 Å². The molecule has 0 atom stereocenters. The Morgan fingerprint density at radius 1 is 0.410 bits per heavy atom. The van der Waals surface area contributed by atoms with Crippen molar-refractivity contribution in [3.05, 3.63) is 145 Å². The van der Waals surface area contributed by atoms with E-state index in [2.05, 4.69) is 6.07 Å². The fourth-order valence-electron chi connectivity index (χ4n) is 5.56. The summed E-state index contributed by atoms with van der Waals surface area (Å²) in [6, 6.07) is 24.5. The fourth-order valence-corrected chi connectivity index (χ4v) is 5.56. The normalized spacial score (nSPS) is 14.8. The zero-order valence-electron chi connectivity index (χ0n) is 29.6. The molecule has 0 aliphatic rings. The highest BCUT2D eigenvalue weighted by Gasteiger charge is 2.18. The molecule has 0 fully saturated rings. The molecular formula is C38H24O. The van der Waals surface area contributed by atoms with Crippen LogP contribution in [0.3, 0.4) is 0 Å². The van der Waals surface area contributed by atoms with Gasteiger partial charge in [0.15, 0.2) is 0 Å². The van der Waals surface area contributed by atoms with Crippen molar-refractivity contribution in [1.29, 1.82) is 0 Å². The van der Waals surface area contributed by atoms with Gasteiger partial charge in [0.25, 0.3) is 0 Å². The second kappa shape index (κ2) is 8.72. The minimum atomic E-state index is -0.602. The largest absolute Gasteiger partial charge is 0.456 e. The smallest absolute Gasteiger partial charge is 0.136 e. The van der Waals surface area contributed by atoms with Crippen molar-refractivity contribution in [2.45, 2.75) is 0 Å². The van der Waals surface area contributed by atoms with Crippen LogP contribution in [-0.2, 0) is 0 Å². The van der Waals surface area contributed by atoms with Crippen LogP contribution in [0.1, 0.15) is 12.3 Å². The highest BCUT2D eigenvalue weighted by atomic mass is 16.3. The van der Waals surface area contributed by atoms with E-state index >= 15 is 0 Å². The maximum atomic E-state index is 9.43. The number of furan rings is 1. The molecule has 0 aliphatic heterocycles. The summed E-state index contributed by atoms with van der Waals surface area (Å²) in [5.41, 5.74) is 3.27. The summed E-state index contributed by atoms with van der Waals surface area (Å²) in [7, 11) is 0. The van der Waals surface area contributed by atoms with E-state index in [4.69, 9.17) is 15.4 Å². The monoisotopic (exact) mass is 505 g/mol. The molecule has 0 spiro atoms. The van der Waals surface area contributed by atoms with Crippen molar-refractivity contribution in [3.63, 3.8) is 0 Å². The third kappa shape index (κ3) is 3.48. The maximum absolute atomic E-state index is 9.43. The van der Waals surface area contributed by atoms with Gasteiger partial charge in [-0.05, 0) is 79.2 Å². The first-order valence-corrected chi connectivity index (χ1v) is 12.6. The minimum Gasteiger partial charge on any atom is -0.456 e. The molecule has 182 valence electrons. The summed E-state index contributed by atoms with van der Waals surface area (Å²) in [5, 5.41) is 5.06. The lowest BCUT2D eigenvalue weighted by Crippen LogP contribution is -1.91. The molecule has 0 saturated heterocycles. The van der Waals surface area contributed by atoms with E-state index in [1.165, 1.54) is 0 Å². The number of para-hydroxylation sites is 1. The molecule has 1 heterocycles. The van der Waals surface area contributed by atoms with E-state index in [-0.39, 0.29) is 28.8 Å². The van der Waals surface area contributed by atoms with Gasteiger partial charge in [-0.2, -0.15) is 0 Å². The van der Waals surface area contributed by atoms with Gasteiger partial charge in [0.2, 0.25) is 0 Å². The van der Waals surface area contributed by atoms with Gasteiger partial charge in [0.1, 0.15) is 11.2 Å². The zero-order chi connectivity index (χ0) is 33.6. The van der Waals surface area contributed by atoms with Gasteiger partial charge in [-0.25, -0.2) is 0 Å². The van der Waals surface area contributed by atoms with Gasteiger partial charge in [-0.3, -0.25) is 0 Å².